The highest BCUT2D eigenvalue weighted by Gasteiger charge is 2.16. The van der Waals surface area contributed by atoms with Crippen LogP contribution in [-0.2, 0) is 4.79 Å². The SMILES string of the molecule is CC(NC(=O)CSc1nc2ncc(Cl)cc2[nH]1)c1ccc2c(c1)OCCO2. The van der Waals surface area contributed by atoms with Crippen molar-refractivity contribution in [2.45, 2.75) is 18.1 Å². The number of nitrogens with one attached hydrogen (secondary N) is 2. The molecule has 1 atom stereocenters. The summed E-state index contributed by atoms with van der Waals surface area (Å²) in [5.41, 5.74) is 2.28. The number of H-pyrrole nitrogens is 1. The zero-order valence-corrected chi connectivity index (χ0v) is 16.1. The number of fused-ring (bicyclic) bond motifs is 2. The summed E-state index contributed by atoms with van der Waals surface area (Å²) in [6.45, 7) is 3.02. The van der Waals surface area contributed by atoms with E-state index >= 15 is 0 Å². The largest absolute Gasteiger partial charge is 0.486 e. The van der Waals surface area contributed by atoms with Gasteiger partial charge in [0.25, 0.3) is 0 Å². The first kappa shape index (κ1) is 17.9. The minimum Gasteiger partial charge on any atom is -0.486 e. The third-order valence-electron chi connectivity index (χ3n) is 4.07. The average Bonchev–Trinajstić information content (AvgIpc) is 3.08. The third kappa shape index (κ3) is 4.12. The fourth-order valence-corrected chi connectivity index (χ4v) is 3.59. The van der Waals surface area contributed by atoms with Gasteiger partial charge < -0.3 is 19.8 Å². The predicted octanol–water partition coefficient (Wildman–Crippen LogP) is 3.35. The van der Waals surface area contributed by atoms with E-state index in [2.05, 4.69) is 20.3 Å². The Morgan fingerprint density at radius 1 is 1.33 bits per heavy atom. The van der Waals surface area contributed by atoms with Crippen molar-refractivity contribution in [3.8, 4) is 11.5 Å². The standard InChI is InChI=1S/C18H17ClN4O3S/c1-10(11-2-3-14-15(6-11)26-5-4-25-14)21-16(24)9-27-18-22-13-7-12(19)8-20-17(13)23-18/h2-3,6-8,10H,4-5,9H2,1H3,(H,21,24)(H,20,22,23). The summed E-state index contributed by atoms with van der Waals surface area (Å²) < 4.78 is 11.1. The maximum atomic E-state index is 12.3. The lowest BCUT2D eigenvalue weighted by Crippen LogP contribution is -2.28. The summed E-state index contributed by atoms with van der Waals surface area (Å²) in [5, 5.41) is 4.14. The Morgan fingerprint density at radius 2 is 2.15 bits per heavy atom. The van der Waals surface area contributed by atoms with Gasteiger partial charge in [-0.2, -0.15) is 0 Å². The summed E-state index contributed by atoms with van der Waals surface area (Å²) in [4.78, 5) is 23.9. The smallest absolute Gasteiger partial charge is 0.230 e. The van der Waals surface area contributed by atoms with Crippen LogP contribution in [0.15, 0.2) is 35.6 Å². The Kier molecular flexibility index (Phi) is 5.09. The Balaban J connectivity index is 1.35. The number of benzene rings is 1. The molecule has 27 heavy (non-hydrogen) atoms. The molecule has 9 heteroatoms. The van der Waals surface area contributed by atoms with Crippen LogP contribution in [0.25, 0.3) is 11.2 Å². The van der Waals surface area contributed by atoms with Crippen molar-refractivity contribution in [3.63, 3.8) is 0 Å². The number of ether oxygens (including phenoxy) is 2. The van der Waals surface area contributed by atoms with E-state index in [4.69, 9.17) is 21.1 Å². The highest BCUT2D eigenvalue weighted by Crippen LogP contribution is 2.32. The quantitative estimate of drug-likeness (QED) is 0.634. The number of halogens is 1. The first-order valence-corrected chi connectivity index (χ1v) is 9.78. The Hall–Kier alpha value is -2.45. The number of thioether (sulfide) groups is 1. The number of pyridine rings is 1. The van der Waals surface area contributed by atoms with E-state index in [0.717, 1.165) is 16.8 Å². The van der Waals surface area contributed by atoms with Crippen LogP contribution >= 0.6 is 23.4 Å². The number of aromatic nitrogens is 3. The second-order valence-corrected chi connectivity index (χ2v) is 7.45. The molecule has 1 aliphatic rings. The van der Waals surface area contributed by atoms with E-state index in [-0.39, 0.29) is 17.7 Å². The molecule has 4 rings (SSSR count). The highest BCUT2D eigenvalue weighted by molar-refractivity contribution is 7.99. The molecule has 0 aliphatic carbocycles. The Bertz CT molecular complexity index is 994. The molecule has 1 aromatic carbocycles. The van der Waals surface area contributed by atoms with Gasteiger partial charge in [0, 0.05) is 6.20 Å². The van der Waals surface area contributed by atoms with Crippen LogP contribution in [0.3, 0.4) is 0 Å². The zero-order valence-electron chi connectivity index (χ0n) is 14.5. The summed E-state index contributed by atoms with van der Waals surface area (Å²) in [5.74, 6) is 1.59. The average molecular weight is 405 g/mol. The van der Waals surface area contributed by atoms with Gasteiger partial charge in [-0.15, -0.1) is 0 Å². The first-order chi connectivity index (χ1) is 13.1. The maximum absolute atomic E-state index is 12.3. The Morgan fingerprint density at radius 3 is 3.00 bits per heavy atom. The van der Waals surface area contributed by atoms with Crippen molar-refractivity contribution >= 4 is 40.4 Å². The van der Waals surface area contributed by atoms with Crippen LogP contribution in [0.5, 0.6) is 11.5 Å². The molecule has 3 aromatic rings. The van der Waals surface area contributed by atoms with Gasteiger partial charge in [-0.05, 0) is 30.7 Å². The van der Waals surface area contributed by atoms with Crippen molar-refractivity contribution in [1.29, 1.82) is 0 Å². The predicted molar refractivity (Wildman–Crippen MR) is 104 cm³/mol. The number of imidazole rings is 1. The highest BCUT2D eigenvalue weighted by atomic mass is 35.5. The molecule has 0 bridgehead atoms. The monoisotopic (exact) mass is 404 g/mol. The van der Waals surface area contributed by atoms with E-state index in [1.54, 1.807) is 12.3 Å². The third-order valence-corrected chi connectivity index (χ3v) is 5.15. The number of nitrogens with zero attached hydrogens (tertiary/aromatic N) is 2. The van der Waals surface area contributed by atoms with Crippen molar-refractivity contribution in [3.05, 3.63) is 41.0 Å². The number of rotatable bonds is 5. The lowest BCUT2D eigenvalue weighted by molar-refractivity contribution is -0.119. The van der Waals surface area contributed by atoms with E-state index in [0.29, 0.717) is 34.8 Å². The van der Waals surface area contributed by atoms with Gasteiger partial charge in [0.1, 0.15) is 13.2 Å². The van der Waals surface area contributed by atoms with Gasteiger partial charge in [0.2, 0.25) is 5.91 Å². The van der Waals surface area contributed by atoms with Gasteiger partial charge >= 0.3 is 0 Å². The molecule has 1 aliphatic heterocycles. The molecule has 140 valence electrons. The van der Waals surface area contributed by atoms with Crippen molar-refractivity contribution in [1.82, 2.24) is 20.3 Å². The van der Waals surface area contributed by atoms with Gasteiger partial charge in [-0.1, -0.05) is 29.4 Å². The molecule has 0 radical (unpaired) electrons. The number of hydrogen-bond acceptors (Lipinski definition) is 6. The molecule has 3 heterocycles. The van der Waals surface area contributed by atoms with Crippen LogP contribution < -0.4 is 14.8 Å². The molecule has 0 spiro atoms. The molecule has 7 nitrogen and oxygen atoms in total. The molecule has 2 N–H and O–H groups in total. The fraction of sp³-hybridized carbons (Fsp3) is 0.278. The molecular formula is C18H17ClN4O3S. The van der Waals surface area contributed by atoms with E-state index in [9.17, 15) is 4.79 Å². The summed E-state index contributed by atoms with van der Waals surface area (Å²) in [6, 6.07) is 7.31. The van der Waals surface area contributed by atoms with Crippen LogP contribution in [0.2, 0.25) is 5.02 Å². The Labute approximate surface area is 164 Å². The fourth-order valence-electron chi connectivity index (χ4n) is 2.75. The minimum atomic E-state index is -0.148. The van der Waals surface area contributed by atoms with Gasteiger partial charge in [0.05, 0.1) is 22.3 Å². The van der Waals surface area contributed by atoms with Gasteiger partial charge in [-0.25, -0.2) is 9.97 Å². The lowest BCUT2D eigenvalue weighted by Gasteiger charge is -2.21. The number of hydrogen-bond donors (Lipinski definition) is 2. The number of carbonyl (C=O) groups is 1. The minimum absolute atomic E-state index is 0.0890. The van der Waals surface area contributed by atoms with E-state index in [1.165, 1.54) is 11.8 Å². The molecular weight excluding hydrogens is 388 g/mol. The number of amides is 1. The van der Waals surface area contributed by atoms with Crippen LogP contribution in [0.4, 0.5) is 0 Å². The van der Waals surface area contributed by atoms with Crippen LogP contribution in [0.1, 0.15) is 18.5 Å². The van der Waals surface area contributed by atoms with Crippen molar-refractivity contribution in [2.75, 3.05) is 19.0 Å². The second kappa shape index (κ2) is 7.66. The van der Waals surface area contributed by atoms with Crippen molar-refractivity contribution < 1.29 is 14.3 Å². The first-order valence-electron chi connectivity index (χ1n) is 8.41. The molecule has 0 saturated heterocycles. The lowest BCUT2D eigenvalue weighted by atomic mass is 10.1. The zero-order chi connectivity index (χ0) is 18.8. The topological polar surface area (TPSA) is 89.1 Å². The van der Waals surface area contributed by atoms with Gasteiger partial charge in [-0.3, -0.25) is 4.79 Å². The molecule has 0 fully saturated rings. The van der Waals surface area contributed by atoms with E-state index in [1.807, 2.05) is 25.1 Å². The second-order valence-electron chi connectivity index (χ2n) is 6.05. The summed E-state index contributed by atoms with van der Waals surface area (Å²) in [7, 11) is 0. The van der Waals surface area contributed by atoms with Crippen LogP contribution in [-0.4, -0.2) is 39.8 Å². The summed E-state index contributed by atoms with van der Waals surface area (Å²) >= 11 is 7.23. The van der Waals surface area contributed by atoms with E-state index < -0.39 is 0 Å². The molecule has 1 amide bonds. The maximum Gasteiger partial charge on any atom is 0.230 e. The molecule has 0 saturated carbocycles. The van der Waals surface area contributed by atoms with Gasteiger partial charge in [0.15, 0.2) is 22.3 Å². The molecule has 1 unspecified atom stereocenters. The molecule has 2 aromatic heterocycles. The normalized spacial score (nSPS) is 14.1. The van der Waals surface area contributed by atoms with Crippen LogP contribution in [0, 0.1) is 0 Å². The summed E-state index contributed by atoms with van der Waals surface area (Å²) in [6.07, 6.45) is 1.54. The number of carbonyl (C=O) groups excluding carboxylic acids is 1. The number of aromatic amines is 1. The van der Waals surface area contributed by atoms with Crippen molar-refractivity contribution in [2.24, 2.45) is 0 Å².